The van der Waals surface area contributed by atoms with Gasteiger partial charge in [0.2, 0.25) is 0 Å². The monoisotopic (exact) mass is 449 g/mol. The summed E-state index contributed by atoms with van der Waals surface area (Å²) >= 11 is 8.86. The first kappa shape index (κ1) is 21.6. The summed E-state index contributed by atoms with van der Waals surface area (Å²) in [5, 5.41) is 10.3. The molecule has 1 aromatic carbocycles. The maximum absolute atomic E-state index is 12.3. The highest BCUT2D eigenvalue weighted by molar-refractivity contribution is 8.00. The number of rotatable bonds is 9. The summed E-state index contributed by atoms with van der Waals surface area (Å²) in [6.45, 7) is 4.09. The maximum Gasteiger partial charge on any atom is 0.319 e. The molecule has 3 aromatic rings. The predicted molar refractivity (Wildman–Crippen MR) is 115 cm³/mol. The fraction of sp³-hybridized carbons (Fsp3) is 0.316. The maximum atomic E-state index is 12.3. The lowest BCUT2D eigenvalue weighted by molar-refractivity contribution is -0.142. The van der Waals surface area contributed by atoms with E-state index in [2.05, 4.69) is 20.2 Å². The second-order valence-corrected chi connectivity index (χ2v) is 8.35. The van der Waals surface area contributed by atoms with E-state index in [9.17, 15) is 4.79 Å². The van der Waals surface area contributed by atoms with Crippen molar-refractivity contribution < 1.29 is 9.53 Å². The standard InChI is InChI=1S/C19H20ClN5O2S2/c1-3-15(17(26)27-4-2)29-19-24-23-16(12-28-18-21-10-5-11-22-18)25(19)14-8-6-13(20)7-9-14/h5-11,15H,3-4,12H2,1-2H3/t15-/m1/s1. The van der Waals surface area contributed by atoms with Crippen molar-refractivity contribution in [2.24, 2.45) is 0 Å². The summed E-state index contributed by atoms with van der Waals surface area (Å²) in [6.07, 6.45) is 4.02. The minimum absolute atomic E-state index is 0.251. The first-order valence-electron chi connectivity index (χ1n) is 9.05. The van der Waals surface area contributed by atoms with E-state index in [0.717, 1.165) is 11.5 Å². The van der Waals surface area contributed by atoms with Crippen LogP contribution in [0.2, 0.25) is 5.02 Å². The highest BCUT2D eigenvalue weighted by Crippen LogP contribution is 2.30. The molecule has 0 radical (unpaired) electrons. The molecular weight excluding hydrogens is 430 g/mol. The fourth-order valence-electron chi connectivity index (χ4n) is 2.47. The van der Waals surface area contributed by atoms with Crippen LogP contribution in [-0.2, 0) is 15.3 Å². The number of carbonyl (C=O) groups is 1. The van der Waals surface area contributed by atoms with Crippen LogP contribution in [0.5, 0.6) is 0 Å². The van der Waals surface area contributed by atoms with E-state index in [4.69, 9.17) is 16.3 Å². The van der Waals surface area contributed by atoms with Crippen LogP contribution in [0.3, 0.4) is 0 Å². The van der Waals surface area contributed by atoms with Crippen LogP contribution in [-0.4, -0.2) is 42.6 Å². The molecule has 0 spiro atoms. The smallest absolute Gasteiger partial charge is 0.319 e. The first-order chi connectivity index (χ1) is 14.1. The lowest BCUT2D eigenvalue weighted by Gasteiger charge is -2.14. The van der Waals surface area contributed by atoms with E-state index in [-0.39, 0.29) is 11.2 Å². The van der Waals surface area contributed by atoms with Crippen molar-refractivity contribution in [1.29, 1.82) is 0 Å². The van der Waals surface area contributed by atoms with Crippen LogP contribution in [0.4, 0.5) is 0 Å². The molecule has 0 fully saturated rings. The summed E-state index contributed by atoms with van der Waals surface area (Å²) in [5.41, 5.74) is 0.866. The Bertz CT molecular complexity index is 938. The second kappa shape index (κ2) is 10.6. The van der Waals surface area contributed by atoms with Gasteiger partial charge in [-0.25, -0.2) is 9.97 Å². The number of thioether (sulfide) groups is 2. The van der Waals surface area contributed by atoms with Crippen LogP contribution in [0, 0.1) is 0 Å². The third-order valence-corrected chi connectivity index (χ3v) is 6.23. The van der Waals surface area contributed by atoms with Crippen LogP contribution in [0.15, 0.2) is 53.0 Å². The van der Waals surface area contributed by atoms with Crippen molar-refractivity contribution in [2.75, 3.05) is 6.61 Å². The Balaban J connectivity index is 1.90. The average Bonchev–Trinajstić information content (AvgIpc) is 3.14. The summed E-state index contributed by atoms with van der Waals surface area (Å²) in [5.74, 6) is 1.00. The lowest BCUT2D eigenvalue weighted by Crippen LogP contribution is -2.20. The summed E-state index contributed by atoms with van der Waals surface area (Å²) in [6, 6.07) is 9.19. The lowest BCUT2D eigenvalue weighted by atomic mass is 10.3. The number of esters is 1. The number of halogens is 1. The van der Waals surface area contributed by atoms with Crippen molar-refractivity contribution in [3.05, 3.63) is 53.6 Å². The number of hydrogen-bond acceptors (Lipinski definition) is 8. The van der Waals surface area contributed by atoms with E-state index in [1.807, 2.05) is 35.8 Å². The van der Waals surface area contributed by atoms with Gasteiger partial charge in [-0.3, -0.25) is 9.36 Å². The second-order valence-electron chi connectivity index (χ2n) is 5.80. The minimum atomic E-state index is -0.358. The third-order valence-electron chi connectivity index (χ3n) is 3.83. The Morgan fingerprint density at radius 1 is 1.17 bits per heavy atom. The highest BCUT2D eigenvalue weighted by atomic mass is 35.5. The van der Waals surface area contributed by atoms with Gasteiger partial charge in [-0.05, 0) is 43.7 Å². The van der Waals surface area contributed by atoms with Crippen molar-refractivity contribution in [3.63, 3.8) is 0 Å². The zero-order chi connectivity index (χ0) is 20.6. The molecule has 2 aromatic heterocycles. The van der Waals surface area contributed by atoms with Gasteiger partial charge in [0.1, 0.15) is 11.1 Å². The molecule has 0 unspecified atom stereocenters. The van der Waals surface area contributed by atoms with Crippen molar-refractivity contribution in [1.82, 2.24) is 24.7 Å². The number of aromatic nitrogens is 5. The summed E-state index contributed by atoms with van der Waals surface area (Å²) in [4.78, 5) is 20.7. The number of ether oxygens (including phenoxy) is 1. The topological polar surface area (TPSA) is 82.8 Å². The minimum Gasteiger partial charge on any atom is -0.465 e. The fourth-order valence-corrected chi connectivity index (χ4v) is 4.30. The SMILES string of the molecule is CCOC(=O)[C@@H](CC)Sc1nnc(CSc2ncccn2)n1-c1ccc(Cl)cc1. The zero-order valence-corrected chi connectivity index (χ0v) is 18.4. The molecule has 29 heavy (non-hydrogen) atoms. The summed E-state index contributed by atoms with van der Waals surface area (Å²) in [7, 11) is 0. The number of nitrogens with zero attached hydrogens (tertiary/aromatic N) is 5. The number of carbonyl (C=O) groups excluding carboxylic acids is 1. The van der Waals surface area contributed by atoms with Crippen molar-refractivity contribution >= 4 is 41.1 Å². The molecule has 0 aliphatic heterocycles. The van der Waals surface area contributed by atoms with E-state index in [1.54, 1.807) is 25.4 Å². The van der Waals surface area contributed by atoms with Crippen LogP contribution >= 0.6 is 35.1 Å². The largest absolute Gasteiger partial charge is 0.465 e. The predicted octanol–water partition coefficient (Wildman–Crippen LogP) is 4.44. The molecule has 0 aliphatic carbocycles. The van der Waals surface area contributed by atoms with Gasteiger partial charge in [0, 0.05) is 23.1 Å². The molecule has 152 valence electrons. The molecule has 1 atom stereocenters. The molecule has 10 heteroatoms. The zero-order valence-electron chi connectivity index (χ0n) is 16.0. The van der Waals surface area contributed by atoms with Gasteiger partial charge in [0.15, 0.2) is 10.3 Å². The molecule has 0 N–H and O–H groups in total. The van der Waals surface area contributed by atoms with Crippen LogP contribution in [0.25, 0.3) is 5.69 Å². The van der Waals surface area contributed by atoms with Crippen molar-refractivity contribution in [2.45, 2.75) is 41.6 Å². The Kier molecular flexibility index (Phi) is 7.91. The van der Waals surface area contributed by atoms with E-state index < -0.39 is 0 Å². The normalized spacial score (nSPS) is 12.0. The van der Waals surface area contributed by atoms with E-state index >= 15 is 0 Å². The molecule has 0 bridgehead atoms. The molecule has 3 rings (SSSR count). The first-order valence-corrected chi connectivity index (χ1v) is 11.3. The molecule has 2 heterocycles. The van der Waals surface area contributed by atoms with Gasteiger partial charge in [-0.2, -0.15) is 0 Å². The van der Waals surface area contributed by atoms with Gasteiger partial charge >= 0.3 is 5.97 Å². The van der Waals surface area contributed by atoms with Crippen LogP contribution < -0.4 is 0 Å². The van der Waals surface area contributed by atoms with Gasteiger partial charge in [0.05, 0.1) is 12.4 Å². The Morgan fingerprint density at radius 2 is 1.90 bits per heavy atom. The molecule has 0 aliphatic rings. The van der Waals surface area contributed by atoms with Crippen LogP contribution in [0.1, 0.15) is 26.1 Å². The van der Waals surface area contributed by atoms with E-state index in [0.29, 0.717) is 34.1 Å². The number of hydrogen-bond donors (Lipinski definition) is 0. The third kappa shape index (κ3) is 5.71. The molecular formula is C19H20ClN5O2S2. The van der Waals surface area contributed by atoms with Gasteiger partial charge in [0.25, 0.3) is 0 Å². The van der Waals surface area contributed by atoms with Gasteiger partial charge in [-0.1, -0.05) is 42.0 Å². The Hall–Kier alpha value is -2.10. The highest BCUT2D eigenvalue weighted by Gasteiger charge is 2.24. The molecule has 0 saturated heterocycles. The molecule has 0 saturated carbocycles. The molecule has 7 nitrogen and oxygen atoms in total. The Morgan fingerprint density at radius 3 is 2.55 bits per heavy atom. The number of benzene rings is 1. The van der Waals surface area contributed by atoms with Gasteiger partial charge < -0.3 is 4.74 Å². The summed E-state index contributed by atoms with van der Waals surface area (Å²) < 4.78 is 7.11. The quantitative estimate of drug-likeness (QED) is 0.269. The van der Waals surface area contributed by atoms with Crippen molar-refractivity contribution in [3.8, 4) is 5.69 Å². The van der Waals surface area contributed by atoms with E-state index in [1.165, 1.54) is 23.5 Å². The average molecular weight is 450 g/mol. The molecule has 0 amide bonds. The van der Waals surface area contributed by atoms with Gasteiger partial charge in [-0.15, -0.1) is 10.2 Å². The Labute approximate surface area is 182 Å².